The minimum atomic E-state index is -0.269. The Hall–Kier alpha value is -3.80. The summed E-state index contributed by atoms with van der Waals surface area (Å²) in [5, 5.41) is 6.02. The number of hydrogen-bond acceptors (Lipinski definition) is 9. The van der Waals surface area contributed by atoms with E-state index in [1.165, 1.54) is 35.9 Å². The summed E-state index contributed by atoms with van der Waals surface area (Å²) in [7, 11) is 3.19. The normalized spacial score (nSPS) is 13.9. The first-order valence-corrected chi connectivity index (χ1v) is 16.5. The highest BCUT2D eigenvalue weighted by Gasteiger charge is 2.19. The number of nitrogens with zero attached hydrogens (tertiary/aromatic N) is 2. The van der Waals surface area contributed by atoms with E-state index in [0.29, 0.717) is 23.6 Å². The molecule has 2 heterocycles. The maximum atomic E-state index is 13.3. The number of fused-ring (bicyclic) bond motifs is 1. The van der Waals surface area contributed by atoms with Gasteiger partial charge in [-0.15, -0.1) is 11.3 Å². The van der Waals surface area contributed by atoms with Crippen LogP contribution in [0.5, 0.6) is 17.2 Å². The third kappa shape index (κ3) is 7.82. The Morgan fingerprint density at radius 1 is 1.05 bits per heavy atom. The number of rotatable bonds is 13. The number of nitrogens with one attached hydrogen (secondary N) is 2. The highest BCUT2D eigenvalue weighted by Crippen LogP contribution is 2.34. The molecular formula is C33H38N4O5S2. The number of methoxy groups -OCH3 is 2. The topological polar surface area (TPSA) is 102 Å². The van der Waals surface area contributed by atoms with Crippen LogP contribution in [-0.2, 0) is 4.79 Å². The molecule has 9 nitrogen and oxygen atoms in total. The fourth-order valence-corrected chi connectivity index (χ4v) is 7.11. The van der Waals surface area contributed by atoms with Gasteiger partial charge < -0.3 is 24.8 Å². The molecule has 1 aliphatic rings. The molecule has 0 aliphatic carbocycles. The Balaban J connectivity index is 1.17. The van der Waals surface area contributed by atoms with Crippen LogP contribution in [0.15, 0.2) is 58.9 Å². The van der Waals surface area contributed by atoms with E-state index in [4.69, 9.17) is 14.2 Å². The molecule has 1 aromatic heterocycles. The van der Waals surface area contributed by atoms with E-state index >= 15 is 0 Å². The molecule has 3 aromatic carbocycles. The third-order valence-corrected chi connectivity index (χ3v) is 9.78. The molecule has 2 amide bonds. The van der Waals surface area contributed by atoms with Crippen LogP contribution < -0.4 is 24.8 Å². The van der Waals surface area contributed by atoms with Crippen molar-refractivity contribution in [2.24, 2.45) is 0 Å². The predicted molar refractivity (Wildman–Crippen MR) is 177 cm³/mol. The summed E-state index contributed by atoms with van der Waals surface area (Å²) in [4.78, 5) is 32.9. The highest BCUT2D eigenvalue weighted by atomic mass is 32.2. The first kappa shape index (κ1) is 31.6. The number of amides is 2. The van der Waals surface area contributed by atoms with E-state index in [2.05, 4.69) is 20.5 Å². The quantitative estimate of drug-likeness (QED) is 0.165. The summed E-state index contributed by atoms with van der Waals surface area (Å²) >= 11 is 2.88. The SMILES string of the molecule is COc1ccc([C@H](C)NC(=O)CSc2nc3ccc(NC(=O)c4ccc(OCCN5CCCC5)c(C)c4OC)cc3s2)cc1. The molecule has 1 saturated heterocycles. The van der Waals surface area contributed by atoms with Gasteiger partial charge in [0.25, 0.3) is 5.91 Å². The minimum Gasteiger partial charge on any atom is -0.497 e. The molecule has 1 fully saturated rings. The van der Waals surface area contributed by atoms with Crippen molar-refractivity contribution in [3.05, 3.63) is 71.3 Å². The average molecular weight is 635 g/mol. The fraction of sp³-hybridized carbons (Fsp3) is 0.364. The zero-order valence-electron chi connectivity index (χ0n) is 25.5. The highest BCUT2D eigenvalue weighted by molar-refractivity contribution is 8.01. The summed E-state index contributed by atoms with van der Waals surface area (Å²) in [6, 6.07) is 16.7. The van der Waals surface area contributed by atoms with Crippen molar-refractivity contribution in [1.29, 1.82) is 0 Å². The van der Waals surface area contributed by atoms with E-state index in [1.54, 1.807) is 20.3 Å². The molecule has 0 spiro atoms. The zero-order valence-corrected chi connectivity index (χ0v) is 27.1. The maximum absolute atomic E-state index is 13.3. The molecule has 0 unspecified atom stereocenters. The Kier molecular flexibility index (Phi) is 10.6. The van der Waals surface area contributed by atoms with Crippen LogP contribution in [0.4, 0.5) is 5.69 Å². The molecule has 1 atom stereocenters. The van der Waals surface area contributed by atoms with E-state index < -0.39 is 0 Å². The van der Waals surface area contributed by atoms with Gasteiger partial charge in [0, 0.05) is 17.8 Å². The number of thiazole rings is 1. The van der Waals surface area contributed by atoms with Crippen LogP contribution in [-0.4, -0.2) is 67.9 Å². The largest absolute Gasteiger partial charge is 0.497 e. The standard InChI is InChI=1S/C33H38N4O5S2/c1-21-28(42-18-17-37-15-5-6-16-37)14-12-26(31(21)41-4)32(39)35-24-9-13-27-29(19-24)44-33(36-27)43-20-30(38)34-22(2)23-7-10-25(40-3)11-8-23/h7-14,19,22H,5-6,15-18,20H2,1-4H3,(H,34,38)(H,35,39)/t22-/m0/s1. The third-order valence-electron chi connectivity index (χ3n) is 7.62. The lowest BCUT2D eigenvalue weighted by Crippen LogP contribution is -2.28. The number of likely N-dealkylation sites (tertiary alicyclic amines) is 1. The number of anilines is 1. The van der Waals surface area contributed by atoms with Gasteiger partial charge >= 0.3 is 0 Å². The van der Waals surface area contributed by atoms with Crippen molar-refractivity contribution in [3.8, 4) is 17.2 Å². The second-order valence-electron chi connectivity index (χ2n) is 10.6. The van der Waals surface area contributed by atoms with Gasteiger partial charge in [-0.25, -0.2) is 4.98 Å². The van der Waals surface area contributed by atoms with Gasteiger partial charge in [-0.05, 0) is 87.8 Å². The van der Waals surface area contributed by atoms with E-state index in [9.17, 15) is 9.59 Å². The molecular weight excluding hydrogens is 597 g/mol. The average Bonchev–Trinajstić information content (AvgIpc) is 3.70. The lowest BCUT2D eigenvalue weighted by Gasteiger charge is -2.18. The van der Waals surface area contributed by atoms with Gasteiger partial charge in [0.2, 0.25) is 5.91 Å². The van der Waals surface area contributed by atoms with E-state index in [1.807, 2.05) is 62.4 Å². The molecule has 4 aromatic rings. The Bertz CT molecular complexity index is 1600. The second kappa shape index (κ2) is 14.8. The first-order valence-electron chi connectivity index (χ1n) is 14.7. The van der Waals surface area contributed by atoms with Crippen LogP contribution >= 0.6 is 23.1 Å². The first-order chi connectivity index (χ1) is 21.3. The van der Waals surface area contributed by atoms with Crippen molar-refractivity contribution >= 4 is 50.8 Å². The molecule has 44 heavy (non-hydrogen) atoms. The van der Waals surface area contributed by atoms with Gasteiger partial charge in [0.05, 0.1) is 41.8 Å². The number of ether oxygens (including phenoxy) is 3. The summed E-state index contributed by atoms with van der Waals surface area (Å²) in [5.41, 5.74) is 3.70. The van der Waals surface area contributed by atoms with Crippen molar-refractivity contribution in [3.63, 3.8) is 0 Å². The van der Waals surface area contributed by atoms with Crippen molar-refractivity contribution in [1.82, 2.24) is 15.2 Å². The maximum Gasteiger partial charge on any atom is 0.259 e. The van der Waals surface area contributed by atoms with Crippen LogP contribution in [0.25, 0.3) is 10.2 Å². The van der Waals surface area contributed by atoms with E-state index in [-0.39, 0.29) is 23.6 Å². The molecule has 11 heteroatoms. The molecule has 0 bridgehead atoms. The van der Waals surface area contributed by atoms with Crippen molar-refractivity contribution in [2.75, 3.05) is 51.5 Å². The van der Waals surface area contributed by atoms with Gasteiger partial charge in [-0.2, -0.15) is 0 Å². The number of carbonyl (C=O) groups excluding carboxylic acids is 2. The van der Waals surface area contributed by atoms with Crippen LogP contribution in [0, 0.1) is 6.92 Å². The van der Waals surface area contributed by atoms with Gasteiger partial charge in [0.15, 0.2) is 4.34 Å². The Morgan fingerprint density at radius 3 is 2.55 bits per heavy atom. The van der Waals surface area contributed by atoms with Crippen LogP contribution in [0.2, 0.25) is 0 Å². The predicted octanol–water partition coefficient (Wildman–Crippen LogP) is 6.32. The Morgan fingerprint density at radius 2 is 1.82 bits per heavy atom. The number of aromatic nitrogens is 1. The summed E-state index contributed by atoms with van der Waals surface area (Å²) in [5.74, 6) is 1.91. The number of hydrogen-bond donors (Lipinski definition) is 2. The lowest BCUT2D eigenvalue weighted by atomic mass is 10.1. The summed E-state index contributed by atoms with van der Waals surface area (Å²) < 4.78 is 18.6. The Labute approximate surface area is 266 Å². The zero-order chi connectivity index (χ0) is 31.1. The fourth-order valence-electron chi connectivity index (χ4n) is 5.19. The minimum absolute atomic E-state index is 0.0715. The van der Waals surface area contributed by atoms with E-state index in [0.717, 1.165) is 56.8 Å². The number of thioether (sulfide) groups is 1. The van der Waals surface area contributed by atoms with Gasteiger partial charge in [-0.1, -0.05) is 23.9 Å². The van der Waals surface area contributed by atoms with Crippen LogP contribution in [0.3, 0.4) is 0 Å². The number of benzene rings is 3. The van der Waals surface area contributed by atoms with Crippen LogP contribution in [0.1, 0.15) is 47.3 Å². The molecule has 1 aliphatic heterocycles. The molecule has 0 saturated carbocycles. The molecule has 2 N–H and O–H groups in total. The molecule has 5 rings (SSSR count). The molecule has 0 radical (unpaired) electrons. The lowest BCUT2D eigenvalue weighted by molar-refractivity contribution is -0.119. The monoisotopic (exact) mass is 634 g/mol. The second-order valence-corrected chi connectivity index (χ2v) is 12.9. The smallest absolute Gasteiger partial charge is 0.259 e. The van der Waals surface area contributed by atoms with Crippen molar-refractivity contribution < 1.29 is 23.8 Å². The summed E-state index contributed by atoms with van der Waals surface area (Å²) in [6.07, 6.45) is 2.50. The summed E-state index contributed by atoms with van der Waals surface area (Å²) in [6.45, 7) is 7.60. The number of carbonyl (C=O) groups is 2. The van der Waals surface area contributed by atoms with Gasteiger partial charge in [-0.3, -0.25) is 14.5 Å². The van der Waals surface area contributed by atoms with Gasteiger partial charge in [0.1, 0.15) is 23.9 Å². The van der Waals surface area contributed by atoms with Crippen molar-refractivity contribution in [2.45, 2.75) is 37.1 Å². The molecule has 232 valence electrons.